The number of hydrogen-bond acceptors (Lipinski definition) is 2. The number of nitrogens with one attached hydrogen (secondary N) is 1. The van der Waals surface area contributed by atoms with Gasteiger partial charge in [-0.05, 0) is 17.2 Å². The molecular weight excluding hydrogens is 188 g/mol. The van der Waals surface area contributed by atoms with Crippen LogP contribution < -0.4 is 11.1 Å². The van der Waals surface area contributed by atoms with E-state index in [1.165, 1.54) is 5.56 Å². The van der Waals surface area contributed by atoms with Crippen LogP contribution in [0.4, 0.5) is 5.69 Å². The van der Waals surface area contributed by atoms with Crippen LogP contribution in [0.25, 0.3) is 0 Å². The van der Waals surface area contributed by atoms with Crippen molar-refractivity contribution in [2.75, 3.05) is 5.32 Å². The highest BCUT2D eigenvalue weighted by Gasteiger charge is 2.31. The van der Waals surface area contributed by atoms with Crippen molar-refractivity contribution in [2.45, 2.75) is 32.2 Å². The molecule has 2 rings (SSSR count). The van der Waals surface area contributed by atoms with E-state index >= 15 is 0 Å². The molecule has 80 valence electrons. The Labute approximate surface area is 89.7 Å². The van der Waals surface area contributed by atoms with Gasteiger partial charge in [0.1, 0.15) is 0 Å². The summed E-state index contributed by atoms with van der Waals surface area (Å²) in [5.41, 5.74) is 8.74. The highest BCUT2D eigenvalue weighted by atomic mass is 16.1. The van der Waals surface area contributed by atoms with Crippen LogP contribution in [0, 0.1) is 0 Å². The van der Waals surface area contributed by atoms with Crippen LogP contribution in [-0.2, 0) is 16.8 Å². The van der Waals surface area contributed by atoms with Crippen LogP contribution in [0.1, 0.15) is 31.4 Å². The van der Waals surface area contributed by atoms with Crippen molar-refractivity contribution >= 4 is 11.6 Å². The fourth-order valence-corrected chi connectivity index (χ4v) is 2.08. The van der Waals surface area contributed by atoms with Crippen LogP contribution >= 0.6 is 0 Å². The molecule has 0 aromatic heterocycles. The molecule has 15 heavy (non-hydrogen) atoms. The van der Waals surface area contributed by atoms with Crippen molar-refractivity contribution in [3.8, 4) is 0 Å². The molecule has 1 aliphatic heterocycles. The molecule has 0 radical (unpaired) electrons. The number of amides is 1. The normalized spacial score (nSPS) is 18.2. The van der Waals surface area contributed by atoms with Gasteiger partial charge in [0.2, 0.25) is 5.91 Å². The van der Waals surface area contributed by atoms with Crippen molar-refractivity contribution in [3.63, 3.8) is 0 Å². The maximum atomic E-state index is 11.5. The lowest BCUT2D eigenvalue weighted by Gasteiger charge is -2.32. The number of carbonyl (C=O) groups is 1. The Morgan fingerprint density at radius 2 is 2.20 bits per heavy atom. The average Bonchev–Trinajstić information content (AvgIpc) is 2.16. The van der Waals surface area contributed by atoms with E-state index in [1.54, 1.807) is 0 Å². The lowest BCUT2D eigenvalue weighted by molar-refractivity contribution is -0.117. The molecule has 1 aliphatic rings. The van der Waals surface area contributed by atoms with Gasteiger partial charge < -0.3 is 11.1 Å². The van der Waals surface area contributed by atoms with Crippen molar-refractivity contribution in [1.82, 2.24) is 0 Å². The van der Waals surface area contributed by atoms with Gasteiger partial charge in [0.15, 0.2) is 0 Å². The number of nitrogens with two attached hydrogens (primary N) is 1. The molecule has 1 heterocycles. The zero-order chi connectivity index (χ0) is 11.1. The van der Waals surface area contributed by atoms with Crippen molar-refractivity contribution in [2.24, 2.45) is 5.73 Å². The van der Waals surface area contributed by atoms with Gasteiger partial charge in [-0.25, -0.2) is 0 Å². The topological polar surface area (TPSA) is 55.1 Å². The molecular formula is C12H16N2O. The molecule has 0 saturated carbocycles. The summed E-state index contributed by atoms with van der Waals surface area (Å²) in [7, 11) is 0. The van der Waals surface area contributed by atoms with Gasteiger partial charge in [-0.1, -0.05) is 26.0 Å². The molecule has 1 amide bonds. The molecule has 0 aliphatic carbocycles. The average molecular weight is 204 g/mol. The van der Waals surface area contributed by atoms with E-state index in [0.717, 1.165) is 11.3 Å². The molecule has 0 fully saturated rings. The molecule has 1 aromatic rings. The third-order valence-electron chi connectivity index (χ3n) is 2.93. The Morgan fingerprint density at radius 1 is 1.47 bits per heavy atom. The van der Waals surface area contributed by atoms with Gasteiger partial charge in [-0.2, -0.15) is 0 Å². The Balaban J connectivity index is 2.53. The lowest BCUT2D eigenvalue weighted by Crippen LogP contribution is -2.32. The summed E-state index contributed by atoms with van der Waals surface area (Å²) in [6.07, 6.45) is 0.536. The van der Waals surface area contributed by atoms with Gasteiger partial charge in [-0.15, -0.1) is 0 Å². The zero-order valence-electron chi connectivity index (χ0n) is 9.13. The Bertz CT molecular complexity index is 410. The molecule has 1 aromatic carbocycles. The van der Waals surface area contributed by atoms with E-state index in [1.807, 2.05) is 12.1 Å². The second kappa shape index (κ2) is 3.35. The van der Waals surface area contributed by atoms with Crippen LogP contribution in [0.3, 0.4) is 0 Å². The van der Waals surface area contributed by atoms with Gasteiger partial charge >= 0.3 is 0 Å². The lowest BCUT2D eigenvalue weighted by atomic mass is 9.77. The SMILES string of the molecule is CC1(C)CC(=O)Nc2ccc(CN)cc21. The van der Waals surface area contributed by atoms with Crippen LogP contribution in [0.15, 0.2) is 18.2 Å². The number of hydrogen-bond donors (Lipinski definition) is 2. The summed E-state index contributed by atoms with van der Waals surface area (Å²) in [6, 6.07) is 5.99. The smallest absolute Gasteiger partial charge is 0.225 e. The summed E-state index contributed by atoms with van der Waals surface area (Å²) in [5.74, 6) is 0.0907. The standard InChI is InChI=1S/C12H16N2O/c1-12(2)6-11(15)14-10-4-3-8(7-13)5-9(10)12/h3-5H,6-7,13H2,1-2H3,(H,14,15). The quantitative estimate of drug-likeness (QED) is 0.732. The maximum absolute atomic E-state index is 11.5. The van der Waals surface area contributed by atoms with Gasteiger partial charge in [-0.3, -0.25) is 4.79 Å². The molecule has 3 heteroatoms. The highest BCUT2D eigenvalue weighted by Crippen LogP contribution is 2.37. The number of rotatable bonds is 1. The van der Waals surface area contributed by atoms with Crippen molar-refractivity contribution in [1.29, 1.82) is 0 Å². The Hall–Kier alpha value is -1.35. The number of benzene rings is 1. The molecule has 0 unspecified atom stereocenters. The molecule has 0 bridgehead atoms. The van der Waals surface area contributed by atoms with E-state index in [-0.39, 0.29) is 11.3 Å². The second-order valence-corrected chi connectivity index (χ2v) is 4.69. The van der Waals surface area contributed by atoms with Crippen LogP contribution in [0.2, 0.25) is 0 Å². The third kappa shape index (κ3) is 1.75. The van der Waals surface area contributed by atoms with Crippen molar-refractivity contribution < 1.29 is 4.79 Å². The fourth-order valence-electron chi connectivity index (χ4n) is 2.08. The molecule has 3 N–H and O–H groups in total. The minimum absolute atomic E-state index is 0.0907. The van der Waals surface area contributed by atoms with E-state index in [9.17, 15) is 4.79 Å². The van der Waals surface area contributed by atoms with Gasteiger partial charge in [0.05, 0.1) is 0 Å². The van der Waals surface area contributed by atoms with Crippen LogP contribution in [0.5, 0.6) is 0 Å². The maximum Gasteiger partial charge on any atom is 0.225 e. The first kappa shape index (κ1) is 10.2. The largest absolute Gasteiger partial charge is 0.326 e. The van der Waals surface area contributed by atoms with E-state index < -0.39 is 0 Å². The summed E-state index contributed by atoms with van der Waals surface area (Å²) in [6.45, 7) is 4.72. The fraction of sp³-hybridized carbons (Fsp3) is 0.417. The number of carbonyl (C=O) groups excluding carboxylic acids is 1. The first-order valence-corrected chi connectivity index (χ1v) is 5.16. The first-order valence-electron chi connectivity index (χ1n) is 5.16. The van der Waals surface area contributed by atoms with Gasteiger partial charge in [0.25, 0.3) is 0 Å². The summed E-state index contributed by atoms with van der Waals surface area (Å²) in [4.78, 5) is 11.5. The van der Waals surface area contributed by atoms with Crippen LogP contribution in [-0.4, -0.2) is 5.91 Å². The summed E-state index contributed by atoms with van der Waals surface area (Å²) in [5, 5.41) is 2.89. The molecule has 0 atom stereocenters. The Kier molecular flexibility index (Phi) is 2.27. The van der Waals surface area contributed by atoms with E-state index in [2.05, 4.69) is 25.2 Å². The zero-order valence-corrected chi connectivity index (χ0v) is 9.13. The monoisotopic (exact) mass is 204 g/mol. The minimum Gasteiger partial charge on any atom is -0.326 e. The van der Waals surface area contributed by atoms with E-state index in [0.29, 0.717) is 13.0 Å². The summed E-state index contributed by atoms with van der Waals surface area (Å²) >= 11 is 0. The minimum atomic E-state index is -0.0944. The first-order chi connectivity index (χ1) is 7.03. The third-order valence-corrected chi connectivity index (χ3v) is 2.93. The molecule has 0 saturated heterocycles. The van der Waals surface area contributed by atoms with Gasteiger partial charge in [0, 0.05) is 24.1 Å². The number of anilines is 1. The number of fused-ring (bicyclic) bond motifs is 1. The Morgan fingerprint density at radius 3 is 2.87 bits per heavy atom. The predicted molar refractivity (Wildman–Crippen MR) is 60.6 cm³/mol. The summed E-state index contributed by atoms with van der Waals surface area (Å²) < 4.78 is 0. The second-order valence-electron chi connectivity index (χ2n) is 4.69. The van der Waals surface area contributed by atoms with E-state index in [4.69, 9.17) is 5.73 Å². The highest BCUT2D eigenvalue weighted by molar-refractivity contribution is 5.95. The van der Waals surface area contributed by atoms with Crippen molar-refractivity contribution in [3.05, 3.63) is 29.3 Å². The molecule has 3 nitrogen and oxygen atoms in total. The molecule has 0 spiro atoms. The predicted octanol–water partition coefficient (Wildman–Crippen LogP) is 1.77.